The number of hydrogen-bond acceptors (Lipinski definition) is 6. The lowest BCUT2D eigenvalue weighted by Gasteiger charge is -2.03. The predicted molar refractivity (Wildman–Crippen MR) is 127 cm³/mol. The highest BCUT2D eigenvalue weighted by atomic mass is 32.1. The fraction of sp³-hybridized carbons (Fsp3) is 0.455. The highest BCUT2D eigenvalue weighted by Crippen LogP contribution is 2.16. The molecule has 162 valence electrons. The molecule has 0 aliphatic heterocycles. The molecule has 0 atom stereocenters. The first-order valence-corrected chi connectivity index (χ1v) is 11.8. The molecule has 0 saturated heterocycles. The first-order valence-electron chi connectivity index (χ1n) is 10.1. The van der Waals surface area contributed by atoms with Gasteiger partial charge in [-0.1, -0.05) is 12.8 Å². The van der Waals surface area contributed by atoms with Gasteiger partial charge < -0.3 is 0 Å². The molecule has 0 fully saturated rings. The number of carbonyl (C=O) groups is 2. The van der Waals surface area contributed by atoms with E-state index in [0.717, 1.165) is 46.9 Å². The van der Waals surface area contributed by atoms with E-state index in [9.17, 15) is 9.59 Å². The Kier molecular flexibility index (Phi) is 9.89. The Morgan fingerprint density at radius 2 is 1.13 bits per heavy atom. The van der Waals surface area contributed by atoms with Crippen molar-refractivity contribution in [3.63, 3.8) is 0 Å². The van der Waals surface area contributed by atoms with Crippen molar-refractivity contribution < 1.29 is 9.59 Å². The highest BCUT2D eigenvalue weighted by molar-refractivity contribution is 7.14. The summed E-state index contributed by atoms with van der Waals surface area (Å²) >= 11 is 3.32. The fourth-order valence-electron chi connectivity index (χ4n) is 2.70. The normalized spacial score (nSPS) is 12.1. The standard InChI is InChI=1S/C22H30N4O2S2/c1-15-11-13-19(29-15)17(3)23-25-21(27)9-7-5-6-8-10-22(28)26-24-18(4)20-14-12-16(2)30-20/h11-14H,5-10H2,1-4H3,(H,25,27)(H,26,28). The van der Waals surface area contributed by atoms with E-state index in [0.29, 0.717) is 12.8 Å². The van der Waals surface area contributed by atoms with Gasteiger partial charge in [0.2, 0.25) is 11.8 Å². The number of carbonyl (C=O) groups excluding carboxylic acids is 2. The van der Waals surface area contributed by atoms with Crippen molar-refractivity contribution in [3.05, 3.63) is 43.8 Å². The molecular formula is C22H30N4O2S2. The van der Waals surface area contributed by atoms with Crippen molar-refractivity contribution in [2.24, 2.45) is 10.2 Å². The molecule has 0 aliphatic rings. The molecule has 0 spiro atoms. The molecule has 0 unspecified atom stereocenters. The lowest BCUT2D eigenvalue weighted by molar-refractivity contribution is -0.122. The van der Waals surface area contributed by atoms with E-state index in [2.05, 4.69) is 21.1 Å². The predicted octanol–water partition coefficient (Wildman–Crippen LogP) is 5.15. The zero-order chi connectivity index (χ0) is 21.9. The van der Waals surface area contributed by atoms with Crippen molar-refractivity contribution in [2.45, 2.75) is 66.2 Å². The maximum atomic E-state index is 11.9. The Morgan fingerprint density at radius 3 is 1.47 bits per heavy atom. The lowest BCUT2D eigenvalue weighted by atomic mass is 10.1. The van der Waals surface area contributed by atoms with Crippen LogP contribution >= 0.6 is 22.7 Å². The zero-order valence-corrected chi connectivity index (χ0v) is 19.7. The van der Waals surface area contributed by atoms with Crippen LogP contribution in [0.1, 0.15) is 71.9 Å². The van der Waals surface area contributed by atoms with Crippen molar-refractivity contribution in [3.8, 4) is 0 Å². The third-order valence-corrected chi connectivity index (χ3v) is 6.67. The molecule has 2 heterocycles. The van der Waals surface area contributed by atoms with Gasteiger partial charge in [-0.15, -0.1) is 22.7 Å². The van der Waals surface area contributed by atoms with Gasteiger partial charge >= 0.3 is 0 Å². The Bertz CT molecular complexity index is 838. The second-order valence-electron chi connectivity index (χ2n) is 7.20. The second-order valence-corrected chi connectivity index (χ2v) is 9.77. The molecule has 2 N–H and O–H groups in total. The number of hydrazone groups is 2. The third-order valence-electron chi connectivity index (χ3n) is 4.45. The Hall–Kier alpha value is -2.32. The van der Waals surface area contributed by atoms with Crippen LogP contribution < -0.4 is 10.9 Å². The molecule has 0 aromatic carbocycles. The molecule has 8 heteroatoms. The summed E-state index contributed by atoms with van der Waals surface area (Å²) in [5.74, 6) is -0.150. The summed E-state index contributed by atoms with van der Waals surface area (Å²) in [7, 11) is 0. The van der Waals surface area contributed by atoms with Crippen LogP contribution in [-0.4, -0.2) is 23.2 Å². The minimum absolute atomic E-state index is 0.0750. The van der Waals surface area contributed by atoms with Crippen molar-refractivity contribution in [1.82, 2.24) is 10.9 Å². The van der Waals surface area contributed by atoms with E-state index < -0.39 is 0 Å². The first-order chi connectivity index (χ1) is 14.3. The van der Waals surface area contributed by atoms with Gasteiger partial charge in [0.15, 0.2) is 0 Å². The summed E-state index contributed by atoms with van der Waals surface area (Å²) < 4.78 is 0. The largest absolute Gasteiger partial charge is 0.273 e. The molecule has 2 amide bonds. The average Bonchev–Trinajstić information content (AvgIpc) is 3.35. The highest BCUT2D eigenvalue weighted by Gasteiger charge is 2.05. The van der Waals surface area contributed by atoms with Gasteiger partial charge in [-0.25, -0.2) is 10.9 Å². The van der Waals surface area contributed by atoms with Gasteiger partial charge in [-0.05, 0) is 64.8 Å². The summed E-state index contributed by atoms with van der Waals surface area (Å²) in [5, 5.41) is 8.33. The minimum Gasteiger partial charge on any atom is -0.273 e. The molecule has 2 aromatic rings. The number of rotatable bonds is 11. The SMILES string of the molecule is CC(=NNC(=O)CCCCCCC(=O)NN=C(C)c1ccc(C)s1)c1ccc(C)s1. The monoisotopic (exact) mass is 446 g/mol. The molecule has 0 saturated carbocycles. The first kappa shape index (κ1) is 24.0. The summed E-state index contributed by atoms with van der Waals surface area (Å²) in [4.78, 5) is 28.4. The number of aryl methyl sites for hydroxylation is 2. The number of hydrogen-bond donors (Lipinski definition) is 2. The van der Waals surface area contributed by atoms with Crippen LogP contribution in [0.3, 0.4) is 0 Å². The summed E-state index contributed by atoms with van der Waals surface area (Å²) in [6.07, 6.45) is 4.27. The minimum atomic E-state index is -0.0750. The lowest BCUT2D eigenvalue weighted by Crippen LogP contribution is -2.19. The van der Waals surface area contributed by atoms with Gasteiger partial charge in [0.25, 0.3) is 0 Å². The molecule has 0 radical (unpaired) electrons. The molecular weight excluding hydrogens is 416 g/mol. The van der Waals surface area contributed by atoms with E-state index in [-0.39, 0.29) is 11.8 Å². The Labute approximate surface area is 186 Å². The van der Waals surface area contributed by atoms with Crippen LogP contribution in [0.5, 0.6) is 0 Å². The number of nitrogens with one attached hydrogen (secondary N) is 2. The molecule has 0 aliphatic carbocycles. The van der Waals surface area contributed by atoms with Crippen LogP contribution in [0.4, 0.5) is 0 Å². The van der Waals surface area contributed by atoms with Gasteiger partial charge in [0, 0.05) is 22.6 Å². The molecule has 2 aromatic heterocycles. The topological polar surface area (TPSA) is 82.9 Å². The number of amides is 2. The van der Waals surface area contributed by atoms with Gasteiger partial charge in [-0.3, -0.25) is 9.59 Å². The second kappa shape index (κ2) is 12.4. The van der Waals surface area contributed by atoms with Gasteiger partial charge in [-0.2, -0.15) is 10.2 Å². The number of nitrogens with zero attached hydrogens (tertiary/aromatic N) is 2. The third kappa shape index (κ3) is 8.59. The smallest absolute Gasteiger partial charge is 0.240 e. The van der Waals surface area contributed by atoms with Crippen LogP contribution in [0.2, 0.25) is 0 Å². The maximum Gasteiger partial charge on any atom is 0.240 e. The quantitative estimate of drug-likeness (QED) is 0.284. The van der Waals surface area contributed by atoms with Crippen LogP contribution in [0.15, 0.2) is 34.5 Å². The zero-order valence-electron chi connectivity index (χ0n) is 18.1. The van der Waals surface area contributed by atoms with Crippen molar-refractivity contribution in [1.29, 1.82) is 0 Å². The summed E-state index contributed by atoms with van der Waals surface area (Å²) in [6.45, 7) is 7.88. The maximum absolute atomic E-state index is 11.9. The molecule has 0 bridgehead atoms. The van der Waals surface area contributed by atoms with Crippen LogP contribution in [-0.2, 0) is 9.59 Å². The molecule has 30 heavy (non-hydrogen) atoms. The van der Waals surface area contributed by atoms with Crippen molar-refractivity contribution >= 4 is 45.9 Å². The van der Waals surface area contributed by atoms with E-state index in [1.54, 1.807) is 22.7 Å². The van der Waals surface area contributed by atoms with Crippen LogP contribution in [0.25, 0.3) is 0 Å². The molecule has 2 rings (SSSR count). The van der Waals surface area contributed by atoms with Crippen molar-refractivity contribution in [2.75, 3.05) is 0 Å². The molecule has 6 nitrogen and oxygen atoms in total. The summed E-state index contributed by atoms with van der Waals surface area (Å²) in [5.41, 5.74) is 6.88. The van der Waals surface area contributed by atoms with Crippen LogP contribution in [0, 0.1) is 13.8 Å². The van der Waals surface area contributed by atoms with Gasteiger partial charge in [0.1, 0.15) is 0 Å². The van der Waals surface area contributed by atoms with E-state index in [1.807, 2.05) is 52.0 Å². The van der Waals surface area contributed by atoms with E-state index in [4.69, 9.17) is 0 Å². The Morgan fingerprint density at radius 1 is 0.733 bits per heavy atom. The van der Waals surface area contributed by atoms with E-state index in [1.165, 1.54) is 9.75 Å². The number of thiophene rings is 2. The Balaban J connectivity index is 1.54. The fourth-order valence-corrected chi connectivity index (χ4v) is 4.32. The summed E-state index contributed by atoms with van der Waals surface area (Å²) in [6, 6.07) is 8.10. The average molecular weight is 447 g/mol. The van der Waals surface area contributed by atoms with E-state index >= 15 is 0 Å². The number of unbranched alkanes of at least 4 members (excludes halogenated alkanes) is 3. The van der Waals surface area contributed by atoms with Gasteiger partial charge in [0.05, 0.1) is 21.2 Å².